The van der Waals surface area contributed by atoms with Crippen LogP contribution in [0.2, 0.25) is 0 Å². The summed E-state index contributed by atoms with van der Waals surface area (Å²) in [4.78, 5) is 10.4. The SMILES string of the molecule is Fc1cc(Br)ccc1OCc1ccccc1.O=Cc1ccc(OCc2ccccc2)c(F)c1. The monoisotopic (exact) mass is 510 g/mol. The van der Waals surface area contributed by atoms with E-state index in [1.807, 2.05) is 60.7 Å². The highest BCUT2D eigenvalue weighted by molar-refractivity contribution is 9.10. The first-order valence-electron chi connectivity index (χ1n) is 10.1. The molecule has 0 aliphatic rings. The zero-order chi connectivity index (χ0) is 23.5. The Morgan fingerprint density at radius 2 is 1.15 bits per heavy atom. The van der Waals surface area contributed by atoms with E-state index in [4.69, 9.17) is 9.47 Å². The van der Waals surface area contributed by atoms with Gasteiger partial charge >= 0.3 is 0 Å². The third-order valence-corrected chi connectivity index (χ3v) is 4.95. The summed E-state index contributed by atoms with van der Waals surface area (Å²) in [7, 11) is 0. The van der Waals surface area contributed by atoms with Gasteiger partial charge in [0, 0.05) is 10.0 Å². The molecule has 0 atom stereocenters. The Bertz CT molecular complexity index is 1170. The van der Waals surface area contributed by atoms with Crippen LogP contribution in [0.15, 0.2) is 102 Å². The van der Waals surface area contributed by atoms with Crippen LogP contribution in [-0.4, -0.2) is 6.29 Å². The van der Waals surface area contributed by atoms with Gasteiger partial charge in [-0.2, -0.15) is 0 Å². The fraction of sp³-hybridized carbons (Fsp3) is 0.0741. The normalized spacial score (nSPS) is 10.0. The second-order valence-electron chi connectivity index (χ2n) is 6.93. The fourth-order valence-corrected chi connectivity index (χ4v) is 3.10. The van der Waals surface area contributed by atoms with Gasteiger partial charge < -0.3 is 9.47 Å². The Labute approximate surface area is 199 Å². The molecular formula is C27H21BrF2O3. The molecule has 0 unspecified atom stereocenters. The van der Waals surface area contributed by atoms with Crippen LogP contribution in [0, 0.1) is 11.6 Å². The number of carbonyl (C=O) groups excluding carboxylic acids is 1. The summed E-state index contributed by atoms with van der Waals surface area (Å²) in [5.41, 5.74) is 2.28. The lowest BCUT2D eigenvalue weighted by Gasteiger charge is -2.07. The molecule has 0 saturated carbocycles. The van der Waals surface area contributed by atoms with Crippen molar-refractivity contribution in [1.29, 1.82) is 0 Å². The van der Waals surface area contributed by atoms with Crippen molar-refractivity contribution in [2.45, 2.75) is 13.2 Å². The number of carbonyl (C=O) groups is 1. The van der Waals surface area contributed by atoms with Gasteiger partial charge in [0.1, 0.15) is 19.5 Å². The van der Waals surface area contributed by atoms with Crippen molar-refractivity contribution in [2.75, 3.05) is 0 Å². The fourth-order valence-electron chi connectivity index (χ4n) is 2.77. The largest absolute Gasteiger partial charge is 0.486 e. The van der Waals surface area contributed by atoms with E-state index in [1.54, 1.807) is 12.1 Å². The van der Waals surface area contributed by atoms with Crippen LogP contribution in [0.1, 0.15) is 21.5 Å². The van der Waals surface area contributed by atoms with Gasteiger partial charge in [-0.1, -0.05) is 76.6 Å². The number of hydrogen-bond acceptors (Lipinski definition) is 3. The van der Waals surface area contributed by atoms with Crippen molar-refractivity contribution >= 4 is 22.2 Å². The Kier molecular flexibility index (Phi) is 9.15. The molecule has 3 nitrogen and oxygen atoms in total. The zero-order valence-corrected chi connectivity index (χ0v) is 19.2. The second-order valence-corrected chi connectivity index (χ2v) is 7.85. The van der Waals surface area contributed by atoms with Crippen LogP contribution in [0.3, 0.4) is 0 Å². The molecule has 4 rings (SSSR count). The van der Waals surface area contributed by atoms with Crippen LogP contribution in [-0.2, 0) is 13.2 Å². The van der Waals surface area contributed by atoms with Crippen LogP contribution in [0.25, 0.3) is 0 Å². The van der Waals surface area contributed by atoms with Gasteiger partial charge in [-0.15, -0.1) is 0 Å². The van der Waals surface area contributed by atoms with Gasteiger partial charge in [0.25, 0.3) is 0 Å². The highest BCUT2D eigenvalue weighted by Crippen LogP contribution is 2.22. The maximum Gasteiger partial charge on any atom is 0.166 e. The first-order chi connectivity index (χ1) is 16.0. The lowest BCUT2D eigenvalue weighted by molar-refractivity contribution is 0.112. The van der Waals surface area contributed by atoms with Crippen molar-refractivity contribution in [1.82, 2.24) is 0 Å². The summed E-state index contributed by atoms with van der Waals surface area (Å²) in [5, 5.41) is 0. The van der Waals surface area contributed by atoms with E-state index in [0.717, 1.165) is 17.2 Å². The topological polar surface area (TPSA) is 35.5 Å². The molecule has 33 heavy (non-hydrogen) atoms. The number of halogens is 3. The minimum atomic E-state index is -0.523. The highest BCUT2D eigenvalue weighted by atomic mass is 79.9. The van der Waals surface area contributed by atoms with Crippen molar-refractivity contribution in [3.8, 4) is 11.5 Å². The van der Waals surface area contributed by atoms with Gasteiger partial charge in [0.05, 0.1) is 0 Å². The molecule has 0 bridgehead atoms. The van der Waals surface area contributed by atoms with E-state index >= 15 is 0 Å². The second kappa shape index (κ2) is 12.5. The lowest BCUT2D eigenvalue weighted by atomic mass is 10.2. The summed E-state index contributed by atoms with van der Waals surface area (Å²) >= 11 is 3.20. The molecule has 4 aromatic rings. The molecule has 0 radical (unpaired) electrons. The maximum atomic E-state index is 13.5. The first-order valence-corrected chi connectivity index (χ1v) is 10.9. The molecule has 168 valence electrons. The quantitative estimate of drug-likeness (QED) is 0.243. The molecular weight excluding hydrogens is 490 g/mol. The predicted molar refractivity (Wildman–Crippen MR) is 127 cm³/mol. The smallest absolute Gasteiger partial charge is 0.166 e. The number of rotatable bonds is 7. The van der Waals surface area contributed by atoms with E-state index in [2.05, 4.69) is 15.9 Å². The van der Waals surface area contributed by atoms with E-state index in [-0.39, 0.29) is 17.3 Å². The molecule has 0 aliphatic heterocycles. The van der Waals surface area contributed by atoms with Crippen LogP contribution < -0.4 is 9.47 Å². The minimum Gasteiger partial charge on any atom is -0.486 e. The van der Waals surface area contributed by atoms with Crippen LogP contribution in [0.4, 0.5) is 8.78 Å². The van der Waals surface area contributed by atoms with Gasteiger partial charge in [-0.25, -0.2) is 8.78 Å². The molecule has 0 fully saturated rings. The van der Waals surface area contributed by atoms with Crippen molar-refractivity contribution in [2.24, 2.45) is 0 Å². The van der Waals surface area contributed by atoms with E-state index < -0.39 is 5.82 Å². The van der Waals surface area contributed by atoms with Gasteiger partial charge in [0.15, 0.2) is 23.1 Å². The van der Waals surface area contributed by atoms with Crippen LogP contribution >= 0.6 is 15.9 Å². The number of hydrogen-bond donors (Lipinski definition) is 0. The Morgan fingerprint density at radius 3 is 1.61 bits per heavy atom. The van der Waals surface area contributed by atoms with E-state index in [9.17, 15) is 13.6 Å². The summed E-state index contributed by atoms with van der Waals surface area (Å²) in [6, 6.07) is 28.1. The molecule has 0 N–H and O–H groups in total. The third-order valence-electron chi connectivity index (χ3n) is 4.46. The molecule has 0 spiro atoms. The number of benzene rings is 4. The minimum absolute atomic E-state index is 0.152. The van der Waals surface area contributed by atoms with Gasteiger partial charge in [0.2, 0.25) is 0 Å². The zero-order valence-electron chi connectivity index (χ0n) is 17.6. The predicted octanol–water partition coefficient (Wildman–Crippen LogP) is 7.38. The summed E-state index contributed by atoms with van der Waals surface area (Å²) in [6.45, 7) is 0.678. The van der Waals surface area contributed by atoms with Crippen LogP contribution in [0.5, 0.6) is 11.5 Å². The van der Waals surface area contributed by atoms with Crippen molar-refractivity contribution in [3.05, 3.63) is 130 Å². The molecule has 0 aromatic heterocycles. The first kappa shape index (κ1) is 24.1. The summed E-state index contributed by atoms with van der Waals surface area (Å²) < 4.78 is 38.3. The number of aldehydes is 1. The van der Waals surface area contributed by atoms with Gasteiger partial charge in [-0.3, -0.25) is 4.79 Å². The molecule has 0 amide bonds. The molecule has 0 aliphatic carbocycles. The summed E-state index contributed by atoms with van der Waals surface area (Å²) in [5.74, 6) is -0.456. The Morgan fingerprint density at radius 1 is 0.667 bits per heavy atom. The highest BCUT2D eigenvalue weighted by Gasteiger charge is 2.05. The molecule has 0 heterocycles. The maximum absolute atomic E-state index is 13.5. The van der Waals surface area contributed by atoms with E-state index in [1.165, 1.54) is 18.2 Å². The average Bonchev–Trinajstić information content (AvgIpc) is 2.84. The average molecular weight is 511 g/mol. The standard InChI is InChI=1S/C14H11FO2.C13H10BrFO/c15-13-8-12(9-16)6-7-14(13)17-10-11-4-2-1-3-5-11;14-11-6-7-13(12(15)8-11)16-9-10-4-2-1-3-5-10/h1-9H,10H2;1-8H,9H2. The molecule has 4 aromatic carbocycles. The van der Waals surface area contributed by atoms with Gasteiger partial charge in [-0.05, 0) is 47.5 Å². The van der Waals surface area contributed by atoms with Crippen molar-refractivity contribution < 1.29 is 23.0 Å². The third kappa shape index (κ3) is 7.84. The van der Waals surface area contributed by atoms with Crippen molar-refractivity contribution in [3.63, 3.8) is 0 Å². The number of ether oxygens (including phenoxy) is 2. The Balaban J connectivity index is 0.000000186. The molecule has 0 saturated heterocycles. The lowest BCUT2D eigenvalue weighted by Crippen LogP contribution is -1.97. The Hall–Kier alpha value is -3.51. The molecule has 6 heteroatoms. The summed E-state index contributed by atoms with van der Waals surface area (Å²) in [6.07, 6.45) is 0.601. The van der Waals surface area contributed by atoms with E-state index in [0.29, 0.717) is 29.5 Å².